The molecule has 0 radical (unpaired) electrons. The predicted molar refractivity (Wildman–Crippen MR) is 75.3 cm³/mol. The zero-order chi connectivity index (χ0) is 12.9. The quantitative estimate of drug-likeness (QED) is 0.313. The van der Waals surface area contributed by atoms with Crippen LogP contribution in [-0.4, -0.2) is 19.5 Å². The molecule has 0 amide bonds. The Hall–Kier alpha value is 0.0325. The molecular formula is C13H24AlClO2. The minimum absolute atomic E-state index is 0.106. The van der Waals surface area contributed by atoms with Crippen LogP contribution in [0.4, 0.5) is 0 Å². The molecule has 17 heavy (non-hydrogen) atoms. The van der Waals surface area contributed by atoms with Crippen LogP contribution in [0.3, 0.4) is 0 Å². The van der Waals surface area contributed by atoms with Crippen LogP contribution in [0.25, 0.3) is 0 Å². The lowest BCUT2D eigenvalue weighted by atomic mass is 10.1. The summed E-state index contributed by atoms with van der Waals surface area (Å²) in [6, 6.07) is 0. The molecule has 0 aliphatic rings. The van der Waals surface area contributed by atoms with Crippen LogP contribution in [0.5, 0.6) is 0 Å². The lowest BCUT2D eigenvalue weighted by Gasteiger charge is -2.06. The highest BCUT2D eigenvalue weighted by molar-refractivity contribution is 7.03. The molecule has 98 valence electrons. The first-order valence-electron chi connectivity index (χ1n) is 6.65. The van der Waals surface area contributed by atoms with Crippen molar-refractivity contribution in [3.8, 4) is 0 Å². The highest BCUT2D eigenvalue weighted by atomic mass is 35.6. The van der Waals surface area contributed by atoms with Gasteiger partial charge in [0.2, 0.25) is 0 Å². The molecule has 2 nitrogen and oxygen atoms in total. The minimum atomic E-state index is -1.70. The molecule has 0 aliphatic heterocycles. The zero-order valence-electron chi connectivity index (χ0n) is 10.9. The molecule has 4 heteroatoms. The van der Waals surface area contributed by atoms with Crippen molar-refractivity contribution in [2.45, 2.75) is 63.6 Å². The van der Waals surface area contributed by atoms with E-state index in [0.717, 1.165) is 24.5 Å². The second-order valence-corrected chi connectivity index (χ2v) is 7.59. The maximum absolute atomic E-state index is 11.3. The summed E-state index contributed by atoms with van der Waals surface area (Å²) in [5.74, 6) is -0.106. The smallest absolute Gasteiger partial charge is 0.605 e. The van der Waals surface area contributed by atoms with Crippen LogP contribution in [0, 0.1) is 0 Å². The standard InChI is InChI=1S/C11H20O2.C2H5.Al.ClH/c1-2-3-4-5-6-7-8-9-10-11(12)13;1-2;;/h2H,1,3-10H2,(H,12,13);1H2,2H3;;1H/q;;+2;/p-2. The van der Waals surface area contributed by atoms with Gasteiger partial charge in [0.15, 0.2) is 0 Å². The Balaban J connectivity index is 3.22. The number of rotatable bonds is 11. The van der Waals surface area contributed by atoms with E-state index in [-0.39, 0.29) is 5.97 Å². The molecule has 0 bridgehead atoms. The summed E-state index contributed by atoms with van der Waals surface area (Å²) in [6.45, 7) is 5.66. The Morgan fingerprint density at radius 3 is 2.41 bits per heavy atom. The molecular weight excluding hydrogens is 251 g/mol. The number of hydrogen-bond acceptors (Lipinski definition) is 2. The summed E-state index contributed by atoms with van der Waals surface area (Å²) < 4.78 is 5.11. The second-order valence-electron chi connectivity index (χ2n) is 4.26. The number of allylic oxidation sites excluding steroid dienone is 1. The molecule has 0 spiro atoms. The normalized spacial score (nSPS) is 10.0. The first-order valence-corrected chi connectivity index (χ1v) is 9.68. The molecule has 0 heterocycles. The lowest BCUT2D eigenvalue weighted by molar-refractivity contribution is -0.134. The topological polar surface area (TPSA) is 26.3 Å². The van der Waals surface area contributed by atoms with Crippen molar-refractivity contribution < 1.29 is 8.58 Å². The fraction of sp³-hybridized carbons (Fsp3) is 0.769. The van der Waals surface area contributed by atoms with Crippen LogP contribution < -0.4 is 0 Å². The Bertz CT molecular complexity index is 210. The fourth-order valence-electron chi connectivity index (χ4n) is 1.55. The SMILES string of the molecule is C=CCCCCCCCCC(=O)[O][Al]([Cl])[CH2]C. The van der Waals surface area contributed by atoms with Crippen molar-refractivity contribution in [3.05, 3.63) is 12.7 Å². The van der Waals surface area contributed by atoms with Gasteiger partial charge in [-0.25, -0.2) is 10.0 Å². The van der Waals surface area contributed by atoms with Gasteiger partial charge < -0.3 is 3.79 Å². The lowest BCUT2D eigenvalue weighted by Crippen LogP contribution is -2.15. The Labute approximate surface area is 114 Å². The van der Waals surface area contributed by atoms with E-state index in [4.69, 9.17) is 13.8 Å². The van der Waals surface area contributed by atoms with Gasteiger partial charge in [-0.2, -0.15) is 0 Å². The molecule has 0 rings (SSSR count). The molecule has 0 saturated carbocycles. The predicted octanol–water partition coefficient (Wildman–Crippen LogP) is 4.58. The van der Waals surface area contributed by atoms with Crippen molar-refractivity contribution in [1.82, 2.24) is 0 Å². The average Bonchev–Trinajstić information content (AvgIpc) is 2.32. The molecule has 0 unspecified atom stereocenters. The Morgan fingerprint density at radius 2 is 1.82 bits per heavy atom. The van der Waals surface area contributed by atoms with Crippen molar-refractivity contribution in [3.63, 3.8) is 0 Å². The van der Waals surface area contributed by atoms with Gasteiger partial charge in [0.1, 0.15) is 0 Å². The molecule has 0 saturated heterocycles. The zero-order valence-corrected chi connectivity index (χ0v) is 12.8. The third-order valence-corrected chi connectivity index (χ3v) is 4.97. The van der Waals surface area contributed by atoms with E-state index >= 15 is 0 Å². The van der Waals surface area contributed by atoms with E-state index in [2.05, 4.69) is 6.58 Å². The number of carbonyl (C=O) groups excluding carboxylic acids is 1. The number of unbranched alkanes of at least 4 members (excludes halogenated alkanes) is 6. The third kappa shape index (κ3) is 12.3. The number of halogens is 1. The first-order chi connectivity index (χ1) is 8.20. The van der Waals surface area contributed by atoms with E-state index in [9.17, 15) is 4.79 Å². The summed E-state index contributed by atoms with van der Waals surface area (Å²) in [7, 11) is 5.86. The molecule has 0 aromatic carbocycles. The van der Waals surface area contributed by atoms with E-state index < -0.39 is 13.6 Å². The third-order valence-electron chi connectivity index (χ3n) is 2.62. The summed E-state index contributed by atoms with van der Waals surface area (Å²) in [4.78, 5) is 11.3. The highest BCUT2D eigenvalue weighted by Gasteiger charge is 2.20. The van der Waals surface area contributed by atoms with E-state index in [0.29, 0.717) is 6.42 Å². The molecule has 0 atom stereocenters. The van der Waals surface area contributed by atoms with Crippen molar-refractivity contribution >= 4 is 29.6 Å². The maximum atomic E-state index is 11.3. The monoisotopic (exact) mass is 274 g/mol. The molecule has 0 aliphatic carbocycles. The van der Waals surface area contributed by atoms with Gasteiger partial charge in [0.25, 0.3) is 5.97 Å². The maximum Gasteiger partial charge on any atom is 0.681 e. The van der Waals surface area contributed by atoms with Crippen LogP contribution in [0.1, 0.15) is 58.3 Å². The van der Waals surface area contributed by atoms with Gasteiger partial charge >= 0.3 is 13.6 Å². The Kier molecular flexibility index (Phi) is 12.5. The second kappa shape index (κ2) is 12.5. The van der Waals surface area contributed by atoms with Gasteiger partial charge in [0, 0.05) is 6.42 Å². The summed E-state index contributed by atoms with van der Waals surface area (Å²) in [5.41, 5.74) is 0. The molecule has 0 aromatic rings. The van der Waals surface area contributed by atoms with Crippen molar-refractivity contribution in [2.24, 2.45) is 0 Å². The van der Waals surface area contributed by atoms with E-state index in [1.165, 1.54) is 25.7 Å². The average molecular weight is 275 g/mol. The van der Waals surface area contributed by atoms with Gasteiger partial charge in [-0.15, -0.1) is 6.58 Å². The van der Waals surface area contributed by atoms with Crippen LogP contribution in [0.15, 0.2) is 12.7 Å². The largest absolute Gasteiger partial charge is 0.681 e. The van der Waals surface area contributed by atoms with Crippen molar-refractivity contribution in [2.75, 3.05) is 0 Å². The number of carbonyl (C=O) groups is 1. The van der Waals surface area contributed by atoms with Crippen molar-refractivity contribution in [1.29, 1.82) is 0 Å². The van der Waals surface area contributed by atoms with Gasteiger partial charge in [-0.3, -0.25) is 4.79 Å². The molecule has 0 N–H and O–H groups in total. The van der Waals surface area contributed by atoms with Crippen LogP contribution in [0.2, 0.25) is 5.28 Å². The molecule has 0 fully saturated rings. The summed E-state index contributed by atoms with van der Waals surface area (Å²) in [5, 5.41) is 0.802. The fourth-order valence-corrected chi connectivity index (χ4v) is 2.42. The molecule has 0 aromatic heterocycles. The number of hydrogen-bond donors (Lipinski definition) is 0. The van der Waals surface area contributed by atoms with Gasteiger partial charge in [-0.05, 0) is 24.5 Å². The van der Waals surface area contributed by atoms with Gasteiger partial charge in [0.05, 0.1) is 0 Å². The summed E-state index contributed by atoms with van der Waals surface area (Å²) >= 11 is -1.70. The van der Waals surface area contributed by atoms with Gasteiger partial charge in [-0.1, -0.05) is 38.7 Å². The van der Waals surface area contributed by atoms with Crippen LogP contribution >= 0.6 is 10.0 Å². The van der Waals surface area contributed by atoms with Crippen LogP contribution in [-0.2, 0) is 8.58 Å². The van der Waals surface area contributed by atoms with E-state index in [1.807, 2.05) is 13.0 Å². The Morgan fingerprint density at radius 1 is 1.24 bits per heavy atom. The minimum Gasteiger partial charge on any atom is -0.605 e. The first kappa shape index (κ1) is 17.0. The highest BCUT2D eigenvalue weighted by Crippen LogP contribution is 2.10. The summed E-state index contributed by atoms with van der Waals surface area (Å²) in [6.07, 6.45) is 10.6. The van der Waals surface area contributed by atoms with E-state index in [1.54, 1.807) is 0 Å².